The third-order valence-corrected chi connectivity index (χ3v) is 10.3. The van der Waals surface area contributed by atoms with Crippen LogP contribution < -0.4 is 9.62 Å². The van der Waals surface area contributed by atoms with Crippen molar-refractivity contribution in [2.45, 2.75) is 75.4 Å². The standard InChI is InChI=1S/C30H33Cl2N3O4S/c1-2-25(30(37)33-23-10-3-4-11-23)34(19-21-15-16-22(31)18-24(21)32)28(36)14-7-17-35-26-12-5-8-20-9-6-13-27(29(20)26)40(35,38)39/h5-6,8-9,12-13,15-16,18,23,25H,2-4,7,10-11,14,17,19H2,1H3,(H,33,37)/t25-/m0/s1. The first-order valence-corrected chi connectivity index (χ1v) is 16.0. The molecule has 212 valence electrons. The van der Waals surface area contributed by atoms with Crippen molar-refractivity contribution in [2.24, 2.45) is 0 Å². The smallest absolute Gasteiger partial charge is 0.265 e. The zero-order valence-corrected chi connectivity index (χ0v) is 24.7. The number of halogens is 2. The Kier molecular flexibility index (Phi) is 8.59. The summed E-state index contributed by atoms with van der Waals surface area (Å²) >= 11 is 12.5. The fraction of sp³-hybridized carbons (Fsp3) is 0.400. The second kappa shape index (κ2) is 12.0. The molecule has 3 aromatic rings. The molecule has 1 aliphatic heterocycles. The van der Waals surface area contributed by atoms with Crippen LogP contribution >= 0.6 is 23.2 Å². The zero-order valence-electron chi connectivity index (χ0n) is 22.4. The number of sulfonamides is 1. The Labute approximate surface area is 245 Å². The molecule has 0 unspecified atom stereocenters. The monoisotopic (exact) mass is 601 g/mol. The lowest BCUT2D eigenvalue weighted by atomic mass is 10.1. The summed E-state index contributed by atoms with van der Waals surface area (Å²) in [6, 6.07) is 15.3. The van der Waals surface area contributed by atoms with Gasteiger partial charge in [-0.05, 0) is 60.9 Å². The van der Waals surface area contributed by atoms with Crippen LogP contribution in [-0.4, -0.2) is 43.8 Å². The predicted octanol–water partition coefficient (Wildman–Crippen LogP) is 6.30. The van der Waals surface area contributed by atoms with Crippen molar-refractivity contribution < 1.29 is 18.0 Å². The van der Waals surface area contributed by atoms with Gasteiger partial charge in [0.2, 0.25) is 11.8 Å². The quantitative estimate of drug-likeness (QED) is 0.295. The van der Waals surface area contributed by atoms with Gasteiger partial charge >= 0.3 is 0 Å². The molecule has 1 N–H and O–H groups in total. The van der Waals surface area contributed by atoms with Gasteiger partial charge in [-0.25, -0.2) is 8.42 Å². The second-order valence-corrected chi connectivity index (χ2v) is 13.2. The van der Waals surface area contributed by atoms with Gasteiger partial charge in [0.25, 0.3) is 10.0 Å². The van der Waals surface area contributed by atoms with Crippen LogP contribution in [0.2, 0.25) is 10.0 Å². The number of hydrogen-bond acceptors (Lipinski definition) is 4. The van der Waals surface area contributed by atoms with E-state index >= 15 is 0 Å². The van der Waals surface area contributed by atoms with Gasteiger partial charge in [-0.2, -0.15) is 0 Å². The topological polar surface area (TPSA) is 86.8 Å². The van der Waals surface area contributed by atoms with E-state index in [-0.39, 0.29) is 37.4 Å². The van der Waals surface area contributed by atoms with Gasteiger partial charge in [0.15, 0.2) is 0 Å². The average molecular weight is 603 g/mol. The fourth-order valence-corrected chi connectivity index (χ4v) is 8.05. The van der Waals surface area contributed by atoms with E-state index in [0.717, 1.165) is 31.1 Å². The Balaban J connectivity index is 1.34. The molecule has 1 atom stereocenters. The number of rotatable bonds is 10. The summed E-state index contributed by atoms with van der Waals surface area (Å²) in [6.07, 6.45) is 4.87. The molecule has 2 aliphatic rings. The van der Waals surface area contributed by atoms with Gasteiger partial charge in [-0.15, -0.1) is 0 Å². The molecule has 0 bridgehead atoms. The van der Waals surface area contributed by atoms with Crippen LogP contribution in [0.4, 0.5) is 5.69 Å². The number of amides is 2. The van der Waals surface area contributed by atoms with E-state index < -0.39 is 16.1 Å². The van der Waals surface area contributed by atoms with E-state index in [1.807, 2.05) is 25.1 Å². The Bertz CT molecular complexity index is 1530. The van der Waals surface area contributed by atoms with Gasteiger partial charge in [0.1, 0.15) is 6.04 Å². The molecule has 1 fully saturated rings. The first kappa shape index (κ1) is 28.7. The molecule has 10 heteroatoms. The fourth-order valence-electron chi connectivity index (χ4n) is 5.84. The maximum Gasteiger partial charge on any atom is 0.265 e. The molecule has 0 radical (unpaired) electrons. The molecule has 1 heterocycles. The van der Waals surface area contributed by atoms with Gasteiger partial charge in [0.05, 0.1) is 10.6 Å². The molecular weight excluding hydrogens is 569 g/mol. The Morgan fingerprint density at radius 1 is 1.07 bits per heavy atom. The summed E-state index contributed by atoms with van der Waals surface area (Å²) < 4.78 is 28.1. The predicted molar refractivity (Wildman–Crippen MR) is 159 cm³/mol. The molecule has 0 saturated heterocycles. The Morgan fingerprint density at radius 3 is 2.50 bits per heavy atom. The second-order valence-electron chi connectivity index (χ2n) is 10.5. The van der Waals surface area contributed by atoms with E-state index in [4.69, 9.17) is 23.2 Å². The molecule has 5 rings (SSSR count). The number of carbonyl (C=O) groups is 2. The molecule has 3 aromatic carbocycles. The minimum Gasteiger partial charge on any atom is -0.352 e. The molecule has 7 nitrogen and oxygen atoms in total. The van der Waals surface area contributed by atoms with E-state index in [1.54, 1.807) is 41.3 Å². The highest BCUT2D eigenvalue weighted by molar-refractivity contribution is 7.93. The number of hydrogen-bond donors (Lipinski definition) is 1. The summed E-state index contributed by atoms with van der Waals surface area (Å²) in [5.74, 6) is -0.399. The van der Waals surface area contributed by atoms with Crippen molar-refractivity contribution in [3.05, 3.63) is 70.2 Å². The van der Waals surface area contributed by atoms with E-state index in [1.165, 1.54) is 4.31 Å². The van der Waals surface area contributed by atoms with Crippen molar-refractivity contribution in [1.82, 2.24) is 10.2 Å². The van der Waals surface area contributed by atoms with Crippen LogP contribution in [0.25, 0.3) is 10.8 Å². The first-order chi connectivity index (χ1) is 19.2. The minimum atomic E-state index is -3.71. The van der Waals surface area contributed by atoms with Crippen LogP contribution in [0.1, 0.15) is 57.4 Å². The third kappa shape index (κ3) is 5.67. The highest BCUT2D eigenvalue weighted by Crippen LogP contribution is 2.42. The van der Waals surface area contributed by atoms with Gasteiger partial charge < -0.3 is 10.2 Å². The van der Waals surface area contributed by atoms with E-state index in [0.29, 0.717) is 44.4 Å². The molecule has 40 heavy (non-hydrogen) atoms. The summed E-state index contributed by atoms with van der Waals surface area (Å²) in [6.45, 7) is 2.19. The maximum absolute atomic E-state index is 13.7. The summed E-state index contributed by atoms with van der Waals surface area (Å²) in [4.78, 5) is 28.9. The van der Waals surface area contributed by atoms with Crippen molar-refractivity contribution in [1.29, 1.82) is 0 Å². The summed E-state index contributed by atoms with van der Waals surface area (Å²) in [5, 5.41) is 5.62. The highest BCUT2D eigenvalue weighted by atomic mass is 35.5. The Morgan fingerprint density at radius 2 is 1.80 bits per heavy atom. The number of carbonyl (C=O) groups excluding carboxylic acids is 2. The third-order valence-electron chi connectivity index (χ3n) is 7.88. The molecule has 1 aliphatic carbocycles. The lowest BCUT2D eigenvalue weighted by Crippen LogP contribution is -2.51. The minimum absolute atomic E-state index is 0.0801. The largest absolute Gasteiger partial charge is 0.352 e. The van der Waals surface area contributed by atoms with E-state index in [2.05, 4.69) is 5.32 Å². The van der Waals surface area contributed by atoms with Gasteiger partial charge in [0, 0.05) is 41.0 Å². The van der Waals surface area contributed by atoms with Crippen molar-refractivity contribution in [3.63, 3.8) is 0 Å². The maximum atomic E-state index is 13.7. The number of nitrogens with zero attached hydrogens (tertiary/aromatic N) is 2. The van der Waals surface area contributed by atoms with Crippen LogP contribution in [-0.2, 0) is 26.2 Å². The average Bonchev–Trinajstić information content (AvgIpc) is 3.51. The Hall–Kier alpha value is -2.81. The molecule has 0 aromatic heterocycles. The lowest BCUT2D eigenvalue weighted by Gasteiger charge is -2.32. The summed E-state index contributed by atoms with van der Waals surface area (Å²) in [7, 11) is -3.71. The lowest BCUT2D eigenvalue weighted by molar-refractivity contribution is -0.141. The number of anilines is 1. The van der Waals surface area contributed by atoms with Crippen molar-refractivity contribution >= 4 is 61.5 Å². The molecule has 0 spiro atoms. The van der Waals surface area contributed by atoms with Crippen LogP contribution in [0.15, 0.2) is 59.5 Å². The SMILES string of the molecule is CC[C@@H](C(=O)NC1CCCC1)N(Cc1ccc(Cl)cc1Cl)C(=O)CCCN1c2cccc3cccc(c23)S1(=O)=O. The van der Waals surface area contributed by atoms with Crippen LogP contribution in [0.5, 0.6) is 0 Å². The van der Waals surface area contributed by atoms with Crippen molar-refractivity contribution in [2.75, 3.05) is 10.8 Å². The summed E-state index contributed by atoms with van der Waals surface area (Å²) in [5.41, 5.74) is 1.32. The van der Waals surface area contributed by atoms with Crippen molar-refractivity contribution in [3.8, 4) is 0 Å². The van der Waals surface area contributed by atoms with E-state index in [9.17, 15) is 18.0 Å². The van der Waals surface area contributed by atoms with Crippen LogP contribution in [0.3, 0.4) is 0 Å². The zero-order chi connectivity index (χ0) is 28.4. The normalized spacial score (nSPS) is 16.8. The highest BCUT2D eigenvalue weighted by Gasteiger charge is 2.36. The van der Waals surface area contributed by atoms with Gasteiger partial charge in [-0.3, -0.25) is 13.9 Å². The van der Waals surface area contributed by atoms with Gasteiger partial charge in [-0.1, -0.05) is 73.3 Å². The number of nitrogens with one attached hydrogen (secondary N) is 1. The molecular formula is C30H33Cl2N3O4S. The first-order valence-electron chi connectivity index (χ1n) is 13.8. The number of benzene rings is 3. The molecule has 1 saturated carbocycles. The van der Waals surface area contributed by atoms with Crippen LogP contribution in [0, 0.1) is 0 Å². The molecule has 2 amide bonds.